The Morgan fingerprint density at radius 1 is 0.695 bits per heavy atom. The number of pyridine rings is 2. The summed E-state index contributed by atoms with van der Waals surface area (Å²) >= 11 is 0. The first-order chi connectivity index (χ1) is 28.5. The van der Waals surface area contributed by atoms with Gasteiger partial charge in [-0.05, 0) is 61.0 Å². The summed E-state index contributed by atoms with van der Waals surface area (Å²) in [6, 6.07) is 31.7. The summed E-state index contributed by atoms with van der Waals surface area (Å²) in [5.74, 6) is -0.682. The molecular formula is C46H34N4O9. The number of nitrogens with one attached hydrogen (secondary N) is 2. The number of carbonyl (C=O) groups excluding carboxylic acids is 5. The average molecular weight is 787 g/mol. The largest absolute Gasteiger partial charge is 0.507 e. The zero-order valence-corrected chi connectivity index (χ0v) is 31.9. The van der Waals surface area contributed by atoms with Crippen molar-refractivity contribution in [3.8, 4) is 28.2 Å². The van der Waals surface area contributed by atoms with Crippen LogP contribution in [0.1, 0.15) is 56.3 Å². The third-order valence-electron chi connectivity index (χ3n) is 9.88. The third-order valence-corrected chi connectivity index (χ3v) is 9.88. The molecule has 0 atom stereocenters. The zero-order chi connectivity index (χ0) is 41.8. The Labute approximate surface area is 335 Å². The van der Waals surface area contributed by atoms with Crippen LogP contribution in [-0.2, 0) is 27.4 Å². The molecule has 3 heterocycles. The lowest BCUT2D eigenvalue weighted by Gasteiger charge is -2.21. The molecule has 1 aliphatic heterocycles. The van der Waals surface area contributed by atoms with Gasteiger partial charge in [-0.3, -0.25) is 14.4 Å². The number of phenolic OH excluding ortho intramolecular Hbond substituents is 1. The smallest absolute Gasteiger partial charge is 0.373 e. The molecule has 0 bridgehead atoms. The van der Waals surface area contributed by atoms with Crippen LogP contribution in [0, 0.1) is 0 Å². The molecule has 6 aromatic rings. The van der Waals surface area contributed by atoms with Crippen LogP contribution in [0.3, 0.4) is 0 Å². The quantitative estimate of drug-likeness (QED) is 0.0683. The normalized spacial score (nSPS) is 10.8. The maximum Gasteiger partial charge on any atom is 0.373 e. The number of hydrogen-bond donors (Lipinski definition) is 3. The molecule has 2 aliphatic rings. The molecule has 0 radical (unpaired) electrons. The van der Waals surface area contributed by atoms with Crippen molar-refractivity contribution in [1.29, 1.82) is 0 Å². The van der Waals surface area contributed by atoms with Gasteiger partial charge in [0.2, 0.25) is 0 Å². The lowest BCUT2D eigenvalue weighted by Crippen LogP contribution is -2.15. The number of rotatable bonds is 10. The molecule has 3 N–H and O–H groups in total. The third kappa shape index (κ3) is 7.61. The molecular weight excluding hydrogens is 753 g/mol. The Bertz CT molecular complexity index is 3040. The van der Waals surface area contributed by atoms with Crippen molar-refractivity contribution in [1.82, 2.24) is 9.97 Å². The molecule has 4 aromatic carbocycles. The van der Waals surface area contributed by atoms with Crippen molar-refractivity contribution in [2.45, 2.75) is 26.9 Å². The maximum absolute atomic E-state index is 13.8. The number of hydrogen-bond acceptors (Lipinski definition) is 13. The van der Waals surface area contributed by atoms with E-state index in [0.717, 1.165) is 10.8 Å². The van der Waals surface area contributed by atoms with Gasteiger partial charge in [-0.2, -0.15) is 9.59 Å². The Hall–Kier alpha value is -8.02. The number of ketones is 2. The van der Waals surface area contributed by atoms with Crippen molar-refractivity contribution in [2.24, 2.45) is 0 Å². The Balaban J connectivity index is 0.00000171. The summed E-state index contributed by atoms with van der Waals surface area (Å²) in [5, 5.41) is 20.4. The second-order valence-electron chi connectivity index (χ2n) is 13.4. The second kappa shape index (κ2) is 16.6. The SMILES string of the molecule is COC(=O)c1ccc2cccc(NCc3c(O)ccc4c(-c5ccccc5C(C)=O)c5ccc(=O)c(CNc6cccc7ccc(C(C)=O)nc67)c-5oc34)c2n1.O=C=O. The van der Waals surface area contributed by atoms with E-state index in [-0.39, 0.29) is 53.4 Å². The van der Waals surface area contributed by atoms with Crippen LogP contribution in [0.25, 0.3) is 55.2 Å². The van der Waals surface area contributed by atoms with E-state index in [2.05, 4.69) is 20.6 Å². The minimum atomic E-state index is -0.571. The number of carbonyl (C=O) groups is 3. The fourth-order valence-corrected chi connectivity index (χ4v) is 7.10. The second-order valence-corrected chi connectivity index (χ2v) is 13.4. The molecule has 0 saturated heterocycles. The monoisotopic (exact) mass is 786 g/mol. The Morgan fingerprint density at radius 3 is 1.93 bits per heavy atom. The van der Waals surface area contributed by atoms with Crippen molar-refractivity contribution >= 4 is 67.8 Å². The van der Waals surface area contributed by atoms with E-state index in [1.807, 2.05) is 54.6 Å². The Kier molecular flexibility index (Phi) is 11.0. The molecule has 13 nitrogen and oxygen atoms in total. The molecule has 0 saturated carbocycles. The number of phenols is 1. The van der Waals surface area contributed by atoms with E-state index in [0.29, 0.717) is 72.5 Å². The molecule has 8 rings (SSSR count). The van der Waals surface area contributed by atoms with Gasteiger partial charge in [-0.1, -0.05) is 60.7 Å². The van der Waals surface area contributed by atoms with Gasteiger partial charge in [0.05, 0.1) is 40.6 Å². The van der Waals surface area contributed by atoms with Gasteiger partial charge < -0.3 is 24.9 Å². The summed E-state index contributed by atoms with van der Waals surface area (Å²) in [7, 11) is 1.29. The van der Waals surface area contributed by atoms with Crippen LogP contribution < -0.4 is 16.1 Å². The standard InChI is InChI=1S/C45H34N4O7.CO2/c1-24(50)28-10-4-5-11-29(28)40-30-16-20-38(52)32(22-46-35-12-6-8-26-14-18-34(25(2)51)48-41(26)35)43(30)56-44-31(40)17-21-39(53)33(44)23-47-36-13-7-9-27-15-19-37(45(54)55-3)49-42(27)36;2-1-3/h4-21,46-47,53H,22-23H2,1-3H3;. The van der Waals surface area contributed by atoms with E-state index in [1.165, 1.54) is 27.0 Å². The number of aromatic nitrogens is 2. The van der Waals surface area contributed by atoms with Crippen molar-refractivity contribution in [3.63, 3.8) is 0 Å². The lowest BCUT2D eigenvalue weighted by molar-refractivity contribution is -0.191. The minimum Gasteiger partial charge on any atom is -0.507 e. The molecule has 0 amide bonds. The first-order valence-corrected chi connectivity index (χ1v) is 18.2. The number of nitrogens with zero attached hydrogens (tertiary/aromatic N) is 2. The van der Waals surface area contributed by atoms with Crippen LogP contribution in [0.2, 0.25) is 0 Å². The first-order valence-electron chi connectivity index (χ1n) is 18.2. The summed E-state index contributed by atoms with van der Waals surface area (Å²) in [5.41, 5.74) is 5.84. The van der Waals surface area contributed by atoms with Gasteiger partial charge in [0.25, 0.3) is 0 Å². The number of para-hydroxylation sites is 2. The summed E-state index contributed by atoms with van der Waals surface area (Å²) in [4.78, 5) is 76.7. The van der Waals surface area contributed by atoms with Crippen molar-refractivity contribution in [3.05, 3.63) is 147 Å². The predicted molar refractivity (Wildman–Crippen MR) is 221 cm³/mol. The molecule has 0 spiro atoms. The van der Waals surface area contributed by atoms with E-state index in [1.54, 1.807) is 48.5 Å². The molecule has 13 heteroatoms. The fraction of sp³-hybridized carbons (Fsp3) is 0.109. The predicted octanol–water partition coefficient (Wildman–Crippen LogP) is 8.20. The van der Waals surface area contributed by atoms with Crippen LogP contribution >= 0.6 is 0 Å². The van der Waals surface area contributed by atoms with Crippen LogP contribution in [0.5, 0.6) is 5.75 Å². The number of anilines is 2. The van der Waals surface area contributed by atoms with Gasteiger partial charge in [-0.25, -0.2) is 14.8 Å². The number of aromatic hydroxyl groups is 1. The topological polar surface area (TPSA) is 195 Å². The maximum atomic E-state index is 13.8. The average Bonchev–Trinajstić information content (AvgIpc) is 3.24. The van der Waals surface area contributed by atoms with Gasteiger partial charge in [0.15, 0.2) is 17.0 Å². The summed E-state index contributed by atoms with van der Waals surface area (Å²) in [6.45, 7) is 3.04. The number of Topliss-reactive ketones (excluding diaryl/α,β-unsaturated/α-hetero) is 2. The highest BCUT2D eigenvalue weighted by Gasteiger charge is 2.26. The van der Waals surface area contributed by atoms with E-state index < -0.39 is 5.97 Å². The van der Waals surface area contributed by atoms with Crippen LogP contribution in [0.15, 0.2) is 118 Å². The molecule has 2 aromatic heterocycles. The molecule has 292 valence electrons. The number of esters is 1. The highest BCUT2D eigenvalue weighted by atomic mass is 16.5. The molecule has 59 heavy (non-hydrogen) atoms. The van der Waals surface area contributed by atoms with Gasteiger partial charge in [-0.15, -0.1) is 0 Å². The highest BCUT2D eigenvalue weighted by molar-refractivity contribution is 6.10. The lowest BCUT2D eigenvalue weighted by atomic mass is 9.88. The Morgan fingerprint density at radius 2 is 1.31 bits per heavy atom. The van der Waals surface area contributed by atoms with Crippen molar-refractivity contribution < 1.29 is 38.2 Å². The summed E-state index contributed by atoms with van der Waals surface area (Å²) in [6.07, 6.45) is 0.250. The van der Waals surface area contributed by atoms with Gasteiger partial charge in [0.1, 0.15) is 28.5 Å². The van der Waals surface area contributed by atoms with E-state index in [4.69, 9.17) is 18.7 Å². The van der Waals surface area contributed by atoms with E-state index in [9.17, 15) is 24.3 Å². The van der Waals surface area contributed by atoms with Crippen LogP contribution in [0.4, 0.5) is 11.4 Å². The number of benzene rings is 5. The highest BCUT2D eigenvalue weighted by Crippen LogP contribution is 2.45. The number of ether oxygens (including phenoxy) is 1. The number of fused-ring (bicyclic) bond motifs is 4. The molecule has 1 aliphatic carbocycles. The van der Waals surface area contributed by atoms with Gasteiger partial charge >= 0.3 is 12.1 Å². The first kappa shape index (κ1) is 39.2. The number of methoxy groups -OCH3 is 1. The van der Waals surface area contributed by atoms with E-state index >= 15 is 0 Å². The molecule has 0 fully saturated rings. The summed E-state index contributed by atoms with van der Waals surface area (Å²) < 4.78 is 11.6. The molecule has 0 unspecified atom stereocenters. The fourth-order valence-electron chi connectivity index (χ4n) is 7.10. The zero-order valence-electron chi connectivity index (χ0n) is 31.9. The minimum absolute atomic E-state index is 0.0284. The van der Waals surface area contributed by atoms with Gasteiger partial charge in [0, 0.05) is 52.9 Å². The van der Waals surface area contributed by atoms with Crippen LogP contribution in [-0.4, -0.2) is 45.9 Å². The van der Waals surface area contributed by atoms with Crippen molar-refractivity contribution in [2.75, 3.05) is 17.7 Å².